The van der Waals surface area contributed by atoms with Crippen molar-refractivity contribution >= 4 is 15.7 Å². The van der Waals surface area contributed by atoms with Crippen LogP contribution in [0.2, 0.25) is 0 Å². The number of rotatable bonds is 9. The van der Waals surface area contributed by atoms with Gasteiger partial charge in [0, 0.05) is 30.9 Å². The Morgan fingerprint density at radius 2 is 1.88 bits per heavy atom. The Balaban J connectivity index is 1.75. The average Bonchev–Trinajstić information content (AvgIpc) is 3.28. The van der Waals surface area contributed by atoms with Crippen LogP contribution in [0.25, 0.3) is 11.3 Å². The molecule has 0 bridgehead atoms. The number of phenolic OH excluding ortho intramolecular Hbond substituents is 1. The average molecular weight is 475 g/mol. The maximum atomic E-state index is 12.6. The molecule has 3 rings (SSSR count). The number of para-hydroxylation sites is 1. The highest BCUT2D eigenvalue weighted by Crippen LogP contribution is 2.32. The van der Waals surface area contributed by atoms with Gasteiger partial charge in [-0.1, -0.05) is 17.3 Å². The molecule has 1 heterocycles. The molecular weight excluding hydrogens is 448 g/mol. The number of aliphatic hydroxyl groups is 1. The van der Waals surface area contributed by atoms with Crippen molar-refractivity contribution in [3.8, 4) is 22.8 Å². The number of hydrogen-bond acceptors (Lipinski definition) is 8. The first-order valence-corrected chi connectivity index (χ1v) is 12.0. The Kier molecular flexibility index (Phi) is 7.09. The third kappa shape index (κ3) is 5.52. The molecule has 9 nitrogen and oxygen atoms in total. The summed E-state index contributed by atoms with van der Waals surface area (Å²) in [6.07, 6.45) is -0.495. The minimum absolute atomic E-state index is 0.0215. The fraction of sp³-hybridized carbons (Fsp3) is 0.304. The molecule has 0 fully saturated rings. The molecule has 0 radical (unpaired) electrons. The highest BCUT2D eigenvalue weighted by molar-refractivity contribution is 7.92. The van der Waals surface area contributed by atoms with E-state index in [9.17, 15) is 23.4 Å². The first kappa shape index (κ1) is 24.3. The second kappa shape index (κ2) is 9.63. The summed E-state index contributed by atoms with van der Waals surface area (Å²) in [6, 6.07) is 14.5. The Morgan fingerprint density at radius 1 is 1.21 bits per heavy atom. The number of aliphatic hydroxyl groups excluding tert-OH is 1. The Labute approximate surface area is 191 Å². The number of sulfone groups is 1. The number of methoxy groups -OCH3 is 1. The molecule has 3 N–H and O–H groups in total. The van der Waals surface area contributed by atoms with E-state index in [-0.39, 0.29) is 30.0 Å². The van der Waals surface area contributed by atoms with E-state index in [1.807, 2.05) is 0 Å². The van der Waals surface area contributed by atoms with Crippen LogP contribution in [-0.4, -0.2) is 54.4 Å². The molecule has 176 valence electrons. The molecule has 2 atom stereocenters. The lowest BCUT2D eigenvalue weighted by molar-refractivity contribution is 0.0928. The number of hydrogen-bond donors (Lipinski definition) is 3. The lowest BCUT2D eigenvalue weighted by Gasteiger charge is -2.29. The van der Waals surface area contributed by atoms with E-state index < -0.39 is 26.6 Å². The zero-order valence-corrected chi connectivity index (χ0v) is 19.3. The van der Waals surface area contributed by atoms with Crippen LogP contribution < -0.4 is 10.1 Å². The molecule has 3 aromatic rings. The highest BCUT2D eigenvalue weighted by Gasteiger charge is 2.39. The molecule has 0 aliphatic rings. The largest absolute Gasteiger partial charge is 0.507 e. The predicted octanol–water partition coefficient (Wildman–Crippen LogP) is 2.71. The van der Waals surface area contributed by atoms with Crippen LogP contribution in [0.1, 0.15) is 35.6 Å². The second-order valence-electron chi connectivity index (χ2n) is 7.98. The molecule has 1 aromatic heterocycles. The van der Waals surface area contributed by atoms with Crippen molar-refractivity contribution in [1.82, 2.24) is 10.5 Å². The van der Waals surface area contributed by atoms with E-state index in [2.05, 4.69) is 10.5 Å². The summed E-state index contributed by atoms with van der Waals surface area (Å²) in [4.78, 5) is 12.4. The molecule has 33 heavy (non-hydrogen) atoms. The molecule has 0 saturated carbocycles. The van der Waals surface area contributed by atoms with Crippen LogP contribution in [-0.2, 0) is 9.84 Å². The monoisotopic (exact) mass is 474 g/mol. The van der Waals surface area contributed by atoms with Gasteiger partial charge in [-0.15, -0.1) is 0 Å². The number of benzene rings is 2. The van der Waals surface area contributed by atoms with E-state index in [1.165, 1.54) is 25.1 Å². The van der Waals surface area contributed by atoms with Gasteiger partial charge in [-0.2, -0.15) is 0 Å². The van der Waals surface area contributed by atoms with E-state index >= 15 is 0 Å². The van der Waals surface area contributed by atoms with Gasteiger partial charge in [-0.25, -0.2) is 8.42 Å². The van der Waals surface area contributed by atoms with Gasteiger partial charge in [0.2, 0.25) is 0 Å². The summed E-state index contributed by atoms with van der Waals surface area (Å²) < 4.78 is 34.0. The molecule has 2 unspecified atom stereocenters. The van der Waals surface area contributed by atoms with Gasteiger partial charge in [-0.05, 0) is 43.3 Å². The first-order valence-electron chi connectivity index (χ1n) is 10.1. The molecule has 0 aliphatic heterocycles. The molecule has 0 spiro atoms. The molecular formula is C23H26N2O7S. The third-order valence-electron chi connectivity index (χ3n) is 5.53. The molecule has 2 aromatic carbocycles. The van der Waals surface area contributed by atoms with Crippen molar-refractivity contribution < 1.29 is 32.7 Å². The molecule has 1 amide bonds. The number of nitrogens with zero attached hydrogens (tertiary/aromatic N) is 1. The fourth-order valence-corrected chi connectivity index (χ4v) is 4.03. The van der Waals surface area contributed by atoms with E-state index in [0.29, 0.717) is 11.4 Å². The standard InChI is InChI=1S/C23H26N2O7S/c1-23(33(3,29)30,14-24-22(28)17-6-4-5-7-19(17)26)13-20(27)21-12-18(25-32-21)15-8-10-16(31-2)11-9-15/h4-12,20,26-27H,13-14H2,1-3H3,(H,24,28). The first-order chi connectivity index (χ1) is 15.5. The van der Waals surface area contributed by atoms with Crippen molar-refractivity contribution in [2.45, 2.75) is 24.2 Å². The van der Waals surface area contributed by atoms with Gasteiger partial charge in [0.1, 0.15) is 23.3 Å². The van der Waals surface area contributed by atoms with Crippen molar-refractivity contribution in [2.75, 3.05) is 19.9 Å². The zero-order chi connectivity index (χ0) is 24.2. The molecule has 10 heteroatoms. The van der Waals surface area contributed by atoms with Crippen LogP contribution in [0, 0.1) is 0 Å². The van der Waals surface area contributed by atoms with Gasteiger partial charge >= 0.3 is 0 Å². The number of aromatic hydroxyl groups is 1. The van der Waals surface area contributed by atoms with Crippen LogP contribution >= 0.6 is 0 Å². The van der Waals surface area contributed by atoms with Crippen molar-refractivity contribution in [1.29, 1.82) is 0 Å². The maximum Gasteiger partial charge on any atom is 0.255 e. The Bertz CT molecular complexity index is 1220. The quantitative estimate of drug-likeness (QED) is 0.430. The van der Waals surface area contributed by atoms with E-state index in [4.69, 9.17) is 9.26 Å². The lowest BCUT2D eigenvalue weighted by atomic mass is 10.00. The number of phenols is 1. The summed E-state index contributed by atoms with van der Waals surface area (Å²) in [5, 5.41) is 27.1. The fourth-order valence-electron chi connectivity index (χ4n) is 3.24. The van der Waals surface area contributed by atoms with Gasteiger partial charge in [0.15, 0.2) is 15.6 Å². The van der Waals surface area contributed by atoms with Gasteiger partial charge in [0.25, 0.3) is 5.91 Å². The van der Waals surface area contributed by atoms with Crippen molar-refractivity contribution in [3.05, 3.63) is 65.9 Å². The summed E-state index contributed by atoms with van der Waals surface area (Å²) in [5.41, 5.74) is 1.23. The van der Waals surface area contributed by atoms with Crippen LogP contribution in [0.5, 0.6) is 11.5 Å². The second-order valence-corrected chi connectivity index (χ2v) is 10.5. The number of carbonyl (C=O) groups is 1. The number of aromatic nitrogens is 1. The van der Waals surface area contributed by atoms with Crippen LogP contribution in [0.3, 0.4) is 0 Å². The minimum atomic E-state index is -3.72. The predicted molar refractivity (Wildman–Crippen MR) is 122 cm³/mol. The number of carbonyl (C=O) groups excluding carboxylic acids is 1. The lowest BCUT2D eigenvalue weighted by Crippen LogP contribution is -2.47. The van der Waals surface area contributed by atoms with Crippen molar-refractivity contribution in [2.24, 2.45) is 0 Å². The van der Waals surface area contributed by atoms with Gasteiger partial charge in [-0.3, -0.25) is 4.79 Å². The SMILES string of the molecule is COc1ccc(-c2cc(C(O)CC(C)(CNC(=O)c3ccccc3O)S(C)(=O)=O)on2)cc1. The van der Waals surface area contributed by atoms with E-state index in [1.54, 1.807) is 43.5 Å². The van der Waals surface area contributed by atoms with Gasteiger partial charge in [0.05, 0.1) is 17.4 Å². The number of amides is 1. The van der Waals surface area contributed by atoms with E-state index in [0.717, 1.165) is 11.8 Å². The Hall–Kier alpha value is -3.37. The minimum Gasteiger partial charge on any atom is -0.507 e. The van der Waals surface area contributed by atoms with Crippen LogP contribution in [0.15, 0.2) is 59.1 Å². The van der Waals surface area contributed by atoms with Crippen molar-refractivity contribution in [3.63, 3.8) is 0 Å². The number of nitrogens with one attached hydrogen (secondary N) is 1. The third-order valence-corrected chi connectivity index (χ3v) is 7.64. The number of ether oxygens (including phenoxy) is 1. The summed E-state index contributed by atoms with van der Waals surface area (Å²) in [7, 11) is -2.16. The summed E-state index contributed by atoms with van der Waals surface area (Å²) in [6.45, 7) is 1.15. The zero-order valence-electron chi connectivity index (χ0n) is 18.5. The summed E-state index contributed by atoms with van der Waals surface area (Å²) in [5.74, 6) is -0.0669. The highest BCUT2D eigenvalue weighted by atomic mass is 32.2. The van der Waals surface area contributed by atoms with Crippen LogP contribution in [0.4, 0.5) is 0 Å². The molecule has 0 aliphatic carbocycles. The maximum absolute atomic E-state index is 12.6. The molecule has 0 saturated heterocycles. The van der Waals surface area contributed by atoms with Gasteiger partial charge < -0.3 is 24.8 Å². The Morgan fingerprint density at radius 3 is 2.48 bits per heavy atom. The normalized spacial score (nSPS) is 14.3. The smallest absolute Gasteiger partial charge is 0.255 e. The topological polar surface area (TPSA) is 139 Å². The summed E-state index contributed by atoms with van der Waals surface area (Å²) >= 11 is 0.